The molecule has 2 aromatic carbocycles. The van der Waals surface area contributed by atoms with Crippen molar-refractivity contribution in [1.29, 1.82) is 0 Å². The average Bonchev–Trinajstić information content (AvgIpc) is 3.20. The molecule has 218 valence electrons. The Kier molecular flexibility index (Phi) is 10.1. The summed E-state index contributed by atoms with van der Waals surface area (Å²) in [4.78, 5) is 28.3. The van der Waals surface area contributed by atoms with Gasteiger partial charge in [0.1, 0.15) is 5.75 Å². The lowest BCUT2D eigenvalue weighted by atomic mass is 9.68. The van der Waals surface area contributed by atoms with Crippen LogP contribution in [0.4, 0.5) is 5.69 Å². The topological polar surface area (TPSA) is 148 Å². The van der Waals surface area contributed by atoms with Gasteiger partial charge in [0.05, 0.1) is 41.9 Å². The van der Waals surface area contributed by atoms with Crippen molar-refractivity contribution in [2.75, 3.05) is 25.2 Å². The van der Waals surface area contributed by atoms with Crippen LogP contribution in [0.2, 0.25) is 5.02 Å². The van der Waals surface area contributed by atoms with Gasteiger partial charge in [-0.25, -0.2) is 0 Å². The first-order valence-corrected chi connectivity index (χ1v) is 14.0. The zero-order chi connectivity index (χ0) is 29.8. The molecule has 0 radical (unpaired) electrons. The molecule has 4 atom stereocenters. The zero-order valence-electron chi connectivity index (χ0n) is 23.0. The molecule has 2 amide bonds. The summed E-state index contributed by atoms with van der Waals surface area (Å²) in [5.41, 5.74) is 3.33. The van der Waals surface area contributed by atoms with Gasteiger partial charge in [-0.1, -0.05) is 42.3 Å². The van der Waals surface area contributed by atoms with Crippen molar-refractivity contribution in [3.63, 3.8) is 0 Å². The van der Waals surface area contributed by atoms with Crippen molar-refractivity contribution in [2.45, 2.75) is 38.7 Å². The number of aliphatic hydroxyl groups excluding tert-OH is 2. The Morgan fingerprint density at radius 1 is 1.20 bits per heavy atom. The lowest BCUT2D eigenvalue weighted by Crippen LogP contribution is -2.40. The third-order valence-corrected chi connectivity index (χ3v) is 8.35. The van der Waals surface area contributed by atoms with E-state index in [1.54, 1.807) is 18.2 Å². The van der Waals surface area contributed by atoms with Gasteiger partial charge < -0.3 is 30.1 Å². The number of carbonyl (C=O) groups excluding carboxylic acids is 2. The van der Waals surface area contributed by atoms with E-state index < -0.39 is 49.4 Å². The molecule has 5 N–H and O–H groups in total. The highest BCUT2D eigenvalue weighted by Gasteiger charge is 2.55. The van der Waals surface area contributed by atoms with E-state index in [0.717, 1.165) is 16.0 Å². The van der Waals surface area contributed by atoms with Crippen LogP contribution in [0.5, 0.6) is 5.75 Å². The van der Waals surface area contributed by atoms with Gasteiger partial charge in [0, 0.05) is 13.0 Å². The number of ether oxygens (including phenoxy) is 1. The van der Waals surface area contributed by atoms with Crippen molar-refractivity contribution in [3.05, 3.63) is 69.8 Å². The molecule has 2 aromatic rings. The van der Waals surface area contributed by atoms with Crippen molar-refractivity contribution < 1.29 is 39.7 Å². The van der Waals surface area contributed by atoms with E-state index in [1.165, 1.54) is 31.4 Å². The first-order valence-electron chi connectivity index (χ1n) is 13.6. The standard InChI is InChI=1S/C30H35BClNO8/c1-3-17(11-18-8-9-22(35)14-25(18)32)7-10-26(36)27-19(16-41-2)12-23-28(24(27)15-34)30(38)33(29(23)37)21-6-4-5-20(13-21)31(39)40/h4-6,8-9,11,13-14,23-24,26,28,34-36,39-40H,3,7,10,12,15-16H2,1-2H3/b17-11+/t23-,24+,26-,28-/m1/s1. The third-order valence-electron chi connectivity index (χ3n) is 8.02. The maximum atomic E-state index is 13.7. The number of allylic oxidation sites excluding steroid dienone is 1. The fourth-order valence-electron chi connectivity index (χ4n) is 6.03. The molecule has 11 heteroatoms. The lowest BCUT2D eigenvalue weighted by Gasteiger charge is -2.36. The van der Waals surface area contributed by atoms with Gasteiger partial charge in [-0.15, -0.1) is 0 Å². The summed E-state index contributed by atoms with van der Waals surface area (Å²) in [6.45, 7) is 1.69. The number of aromatic hydroxyl groups is 1. The van der Waals surface area contributed by atoms with Crippen molar-refractivity contribution >= 4 is 47.8 Å². The number of anilines is 1. The minimum Gasteiger partial charge on any atom is -0.508 e. The number of phenolic OH excluding ortho intramolecular Hbond substituents is 1. The van der Waals surface area contributed by atoms with Crippen LogP contribution >= 0.6 is 11.6 Å². The maximum Gasteiger partial charge on any atom is 0.488 e. The largest absolute Gasteiger partial charge is 0.508 e. The molecule has 41 heavy (non-hydrogen) atoms. The second-order valence-electron chi connectivity index (χ2n) is 10.5. The highest BCUT2D eigenvalue weighted by Crippen LogP contribution is 2.47. The summed E-state index contributed by atoms with van der Waals surface area (Å²) in [6, 6.07) is 10.7. The predicted molar refractivity (Wildman–Crippen MR) is 156 cm³/mol. The second kappa shape index (κ2) is 13.3. The van der Waals surface area contributed by atoms with E-state index in [2.05, 4.69) is 0 Å². The Balaban J connectivity index is 1.61. The number of hydrogen-bond donors (Lipinski definition) is 5. The van der Waals surface area contributed by atoms with E-state index >= 15 is 0 Å². The average molecular weight is 584 g/mol. The molecule has 1 fully saturated rings. The van der Waals surface area contributed by atoms with Gasteiger partial charge in [0.25, 0.3) is 0 Å². The zero-order valence-corrected chi connectivity index (χ0v) is 23.8. The number of benzene rings is 2. The molecule has 1 saturated heterocycles. The number of aliphatic hydroxyl groups is 2. The van der Waals surface area contributed by atoms with Gasteiger partial charge in [-0.2, -0.15) is 0 Å². The molecular formula is C30H35BClNO8. The van der Waals surface area contributed by atoms with Crippen LogP contribution in [-0.2, 0) is 14.3 Å². The quantitative estimate of drug-likeness (QED) is 0.154. The van der Waals surface area contributed by atoms with Crippen LogP contribution < -0.4 is 10.4 Å². The number of amides is 2. The number of phenols is 1. The van der Waals surface area contributed by atoms with Crippen LogP contribution in [0.15, 0.2) is 59.2 Å². The Morgan fingerprint density at radius 2 is 1.95 bits per heavy atom. The Morgan fingerprint density at radius 3 is 2.59 bits per heavy atom. The molecule has 1 aliphatic carbocycles. The Bertz CT molecular complexity index is 1360. The Labute approximate surface area is 244 Å². The van der Waals surface area contributed by atoms with E-state index in [9.17, 15) is 35.0 Å². The number of nitrogens with zero attached hydrogens (tertiary/aromatic N) is 1. The van der Waals surface area contributed by atoms with Crippen molar-refractivity contribution in [1.82, 2.24) is 0 Å². The number of halogens is 1. The van der Waals surface area contributed by atoms with E-state index in [0.29, 0.717) is 35.4 Å². The summed E-state index contributed by atoms with van der Waals surface area (Å²) in [7, 11) is -0.255. The number of fused-ring (bicyclic) bond motifs is 1. The number of imide groups is 1. The van der Waals surface area contributed by atoms with Gasteiger partial charge >= 0.3 is 7.12 Å². The molecule has 0 saturated carbocycles. The van der Waals surface area contributed by atoms with E-state index in [-0.39, 0.29) is 29.9 Å². The minimum atomic E-state index is -1.76. The number of rotatable bonds is 11. The van der Waals surface area contributed by atoms with Gasteiger partial charge in [0.15, 0.2) is 0 Å². The van der Waals surface area contributed by atoms with Crippen LogP contribution in [0, 0.1) is 17.8 Å². The van der Waals surface area contributed by atoms with Gasteiger partial charge in [0.2, 0.25) is 11.8 Å². The van der Waals surface area contributed by atoms with Gasteiger partial charge in [-0.05, 0) is 78.2 Å². The number of hydrogen-bond acceptors (Lipinski definition) is 8. The first-order chi connectivity index (χ1) is 19.6. The molecule has 0 unspecified atom stereocenters. The summed E-state index contributed by atoms with van der Waals surface area (Å²) in [5, 5.41) is 51.2. The van der Waals surface area contributed by atoms with Crippen LogP contribution in [0.1, 0.15) is 38.2 Å². The molecule has 0 aromatic heterocycles. The predicted octanol–water partition coefficient (Wildman–Crippen LogP) is 2.42. The molecule has 0 spiro atoms. The molecule has 4 rings (SSSR count). The molecule has 0 bridgehead atoms. The molecule has 1 heterocycles. The van der Waals surface area contributed by atoms with Crippen LogP contribution in [-0.4, -0.2) is 70.7 Å². The molecular weight excluding hydrogens is 549 g/mol. The second-order valence-corrected chi connectivity index (χ2v) is 10.9. The monoisotopic (exact) mass is 583 g/mol. The Hall–Kier alpha value is -2.99. The fraction of sp³-hybridized carbons (Fsp3) is 0.400. The first kappa shape index (κ1) is 31.0. The minimum absolute atomic E-state index is 0.0704. The van der Waals surface area contributed by atoms with Crippen LogP contribution in [0.3, 0.4) is 0 Å². The number of carbonyl (C=O) groups is 2. The molecule has 9 nitrogen and oxygen atoms in total. The third kappa shape index (κ3) is 6.43. The van der Waals surface area contributed by atoms with Gasteiger partial charge in [-0.3, -0.25) is 14.5 Å². The van der Waals surface area contributed by atoms with Crippen molar-refractivity contribution in [3.8, 4) is 5.75 Å². The van der Waals surface area contributed by atoms with Crippen molar-refractivity contribution in [2.24, 2.45) is 17.8 Å². The highest BCUT2D eigenvalue weighted by atomic mass is 35.5. The van der Waals surface area contributed by atoms with E-state index in [1.807, 2.05) is 13.0 Å². The fourth-order valence-corrected chi connectivity index (χ4v) is 6.26. The smallest absolute Gasteiger partial charge is 0.488 e. The highest BCUT2D eigenvalue weighted by molar-refractivity contribution is 6.58. The van der Waals surface area contributed by atoms with Crippen LogP contribution in [0.25, 0.3) is 6.08 Å². The summed E-state index contributed by atoms with van der Waals surface area (Å²) >= 11 is 6.27. The SMILES string of the molecule is CC/C(=C\c1ccc(O)cc1Cl)CC[C@@H](O)C1=C(COC)C[C@H]2C(=O)N(c3cccc(B(O)O)c3)C(=O)[C@H]2[C@H]1CO. The summed E-state index contributed by atoms with van der Waals surface area (Å²) in [5.74, 6) is -3.28. The summed E-state index contributed by atoms with van der Waals surface area (Å²) < 4.78 is 5.40. The lowest BCUT2D eigenvalue weighted by molar-refractivity contribution is -0.123. The molecule has 1 aliphatic heterocycles. The number of methoxy groups -OCH3 is 1. The normalized spacial score (nSPS) is 21.9. The molecule has 2 aliphatic rings. The maximum absolute atomic E-state index is 13.7. The summed E-state index contributed by atoms with van der Waals surface area (Å²) in [6.07, 6.45) is 2.66. The van der Waals surface area contributed by atoms with E-state index in [4.69, 9.17) is 16.3 Å².